The monoisotopic (exact) mass is 342 g/mol. The summed E-state index contributed by atoms with van der Waals surface area (Å²) < 4.78 is 65.3. The van der Waals surface area contributed by atoms with Gasteiger partial charge >= 0.3 is 6.18 Å². The van der Waals surface area contributed by atoms with Gasteiger partial charge in [0.1, 0.15) is 4.90 Å². The number of sulfonamides is 1. The van der Waals surface area contributed by atoms with Crippen molar-refractivity contribution in [2.45, 2.75) is 30.0 Å². The summed E-state index contributed by atoms with van der Waals surface area (Å²) >= 11 is 5.75. The van der Waals surface area contributed by atoms with Crippen LogP contribution in [0.5, 0.6) is 0 Å². The molecule has 9 heteroatoms. The lowest BCUT2D eigenvalue weighted by molar-refractivity contribution is -0.139. The first-order chi connectivity index (χ1) is 9.69. The van der Waals surface area contributed by atoms with Crippen LogP contribution in [0, 0.1) is 0 Å². The molecular formula is C12H14ClF3N2O2S. The van der Waals surface area contributed by atoms with E-state index < -0.39 is 37.7 Å². The predicted octanol–water partition coefficient (Wildman–Crippen LogP) is 2.47. The second-order valence-corrected chi connectivity index (χ2v) is 7.00. The lowest BCUT2D eigenvalue weighted by Gasteiger charge is -2.25. The van der Waals surface area contributed by atoms with Crippen molar-refractivity contribution in [2.24, 2.45) is 5.73 Å². The second-order valence-electron chi connectivity index (χ2n) is 4.76. The molecule has 0 spiro atoms. The van der Waals surface area contributed by atoms with Gasteiger partial charge in [0.15, 0.2) is 0 Å². The van der Waals surface area contributed by atoms with E-state index in [0.717, 1.165) is 16.4 Å². The molecule has 1 fully saturated rings. The van der Waals surface area contributed by atoms with Gasteiger partial charge in [-0.3, -0.25) is 0 Å². The second kappa shape index (κ2) is 5.75. The van der Waals surface area contributed by atoms with Crippen LogP contribution in [0.2, 0.25) is 5.02 Å². The fraction of sp³-hybridized carbons (Fsp3) is 0.500. The number of nitrogens with zero attached hydrogens (tertiary/aromatic N) is 1. The van der Waals surface area contributed by atoms with E-state index in [9.17, 15) is 21.6 Å². The van der Waals surface area contributed by atoms with Crippen LogP contribution in [0.4, 0.5) is 13.2 Å². The van der Waals surface area contributed by atoms with E-state index in [0.29, 0.717) is 18.9 Å². The van der Waals surface area contributed by atoms with Crippen molar-refractivity contribution < 1.29 is 21.6 Å². The molecule has 0 aliphatic carbocycles. The largest absolute Gasteiger partial charge is 0.417 e. The molecule has 0 amide bonds. The fourth-order valence-corrected chi connectivity index (χ4v) is 4.90. The molecular weight excluding hydrogens is 329 g/mol. The Morgan fingerprint density at radius 3 is 2.62 bits per heavy atom. The standard InChI is InChI=1S/C12H14ClF3N2O2S/c13-10-5-1-4-9(12(14,15)16)11(10)21(19,20)18-6-2-3-8(18)7-17/h1,4-5,8H,2-3,6-7,17H2/t8-/m0/s1. The molecule has 1 aliphatic rings. The van der Waals surface area contributed by atoms with Gasteiger partial charge in [0.25, 0.3) is 0 Å². The zero-order valence-corrected chi connectivity index (χ0v) is 12.5. The molecule has 1 saturated heterocycles. The van der Waals surface area contributed by atoms with Gasteiger partial charge < -0.3 is 5.73 Å². The van der Waals surface area contributed by atoms with Crippen LogP contribution >= 0.6 is 11.6 Å². The molecule has 118 valence electrons. The summed E-state index contributed by atoms with van der Waals surface area (Å²) in [5.74, 6) is 0. The van der Waals surface area contributed by atoms with Gasteiger partial charge in [0.05, 0.1) is 10.6 Å². The van der Waals surface area contributed by atoms with Gasteiger partial charge in [0, 0.05) is 19.1 Å². The smallest absolute Gasteiger partial charge is 0.329 e. The van der Waals surface area contributed by atoms with Crippen LogP contribution in [0.25, 0.3) is 0 Å². The Kier molecular flexibility index (Phi) is 4.53. The number of rotatable bonds is 3. The molecule has 2 N–H and O–H groups in total. The minimum absolute atomic E-state index is 0.0605. The highest BCUT2D eigenvalue weighted by Gasteiger charge is 2.43. The Balaban J connectivity index is 2.60. The molecule has 21 heavy (non-hydrogen) atoms. The van der Waals surface area contributed by atoms with Gasteiger partial charge in [-0.05, 0) is 25.0 Å². The lowest BCUT2D eigenvalue weighted by atomic mass is 10.2. The quantitative estimate of drug-likeness (QED) is 0.917. The summed E-state index contributed by atoms with van der Waals surface area (Å²) in [6, 6.07) is 2.44. The van der Waals surface area contributed by atoms with E-state index in [1.165, 1.54) is 0 Å². The Morgan fingerprint density at radius 2 is 2.05 bits per heavy atom. The van der Waals surface area contributed by atoms with Crippen molar-refractivity contribution in [1.29, 1.82) is 0 Å². The SMILES string of the molecule is NC[C@@H]1CCCN1S(=O)(=O)c1c(Cl)cccc1C(F)(F)F. The maximum Gasteiger partial charge on any atom is 0.417 e. The molecule has 1 aromatic rings. The zero-order valence-electron chi connectivity index (χ0n) is 10.9. The third kappa shape index (κ3) is 3.03. The predicted molar refractivity (Wildman–Crippen MR) is 72.4 cm³/mol. The van der Waals surface area contributed by atoms with Gasteiger partial charge in [-0.25, -0.2) is 8.42 Å². The van der Waals surface area contributed by atoms with Crippen LogP contribution in [-0.2, 0) is 16.2 Å². The first-order valence-electron chi connectivity index (χ1n) is 6.27. The number of alkyl halides is 3. The van der Waals surface area contributed by atoms with Crippen LogP contribution in [-0.4, -0.2) is 31.9 Å². The first-order valence-corrected chi connectivity index (χ1v) is 8.09. The first kappa shape index (κ1) is 16.5. The topological polar surface area (TPSA) is 63.4 Å². The van der Waals surface area contributed by atoms with Crippen LogP contribution < -0.4 is 5.73 Å². The highest BCUT2D eigenvalue weighted by atomic mass is 35.5. The van der Waals surface area contributed by atoms with E-state index in [2.05, 4.69) is 0 Å². The van der Waals surface area contributed by atoms with Crippen LogP contribution in [0.15, 0.2) is 23.1 Å². The maximum atomic E-state index is 13.1. The summed E-state index contributed by atoms with van der Waals surface area (Å²) in [6.07, 6.45) is -3.71. The van der Waals surface area contributed by atoms with Crippen LogP contribution in [0.3, 0.4) is 0 Å². The summed E-state index contributed by atoms with van der Waals surface area (Å²) in [5.41, 5.74) is 4.25. The van der Waals surface area contributed by atoms with Crippen molar-refractivity contribution in [3.05, 3.63) is 28.8 Å². The average molecular weight is 343 g/mol. The minimum atomic E-state index is -4.80. The van der Waals surface area contributed by atoms with Crippen LogP contribution in [0.1, 0.15) is 18.4 Å². The molecule has 1 aromatic carbocycles. The molecule has 0 aromatic heterocycles. The summed E-state index contributed by atoms with van der Waals surface area (Å²) in [4.78, 5) is -0.889. The van der Waals surface area contributed by atoms with Gasteiger partial charge in [0.2, 0.25) is 10.0 Å². The Labute approximate surface area is 125 Å². The lowest BCUT2D eigenvalue weighted by Crippen LogP contribution is -2.40. The number of benzene rings is 1. The Morgan fingerprint density at radius 1 is 1.38 bits per heavy atom. The molecule has 2 rings (SSSR count). The highest BCUT2D eigenvalue weighted by Crippen LogP contribution is 2.40. The average Bonchev–Trinajstić information content (AvgIpc) is 2.86. The zero-order chi connectivity index (χ0) is 15.8. The molecule has 4 nitrogen and oxygen atoms in total. The van der Waals surface area contributed by atoms with Crippen molar-refractivity contribution in [2.75, 3.05) is 13.1 Å². The molecule has 0 radical (unpaired) electrons. The number of hydrogen-bond acceptors (Lipinski definition) is 3. The van der Waals surface area contributed by atoms with Crippen molar-refractivity contribution in [1.82, 2.24) is 4.31 Å². The molecule has 0 bridgehead atoms. The molecule has 1 atom stereocenters. The van der Waals surface area contributed by atoms with E-state index >= 15 is 0 Å². The highest BCUT2D eigenvalue weighted by molar-refractivity contribution is 7.89. The van der Waals surface area contributed by atoms with Crippen molar-refractivity contribution >= 4 is 21.6 Å². The van der Waals surface area contributed by atoms with Crippen molar-refractivity contribution in [3.8, 4) is 0 Å². The number of nitrogens with two attached hydrogens (primary N) is 1. The Hall–Kier alpha value is -0.830. The van der Waals surface area contributed by atoms with E-state index in [-0.39, 0.29) is 13.1 Å². The van der Waals surface area contributed by atoms with Gasteiger partial charge in [-0.1, -0.05) is 17.7 Å². The molecule has 0 unspecified atom stereocenters. The molecule has 1 heterocycles. The maximum absolute atomic E-state index is 13.1. The summed E-state index contributed by atoms with van der Waals surface area (Å²) in [6.45, 7) is 0.206. The third-order valence-electron chi connectivity index (χ3n) is 3.43. The van der Waals surface area contributed by atoms with Gasteiger partial charge in [-0.15, -0.1) is 0 Å². The summed E-state index contributed by atoms with van der Waals surface area (Å²) in [5, 5.41) is -0.438. The number of hydrogen-bond donors (Lipinski definition) is 1. The van der Waals surface area contributed by atoms with Gasteiger partial charge in [-0.2, -0.15) is 17.5 Å². The minimum Gasteiger partial charge on any atom is -0.329 e. The molecule has 1 aliphatic heterocycles. The third-order valence-corrected chi connectivity index (χ3v) is 5.92. The molecule has 0 saturated carbocycles. The van der Waals surface area contributed by atoms with E-state index in [1.54, 1.807) is 0 Å². The summed E-state index contributed by atoms with van der Waals surface area (Å²) in [7, 11) is -4.34. The van der Waals surface area contributed by atoms with E-state index in [4.69, 9.17) is 17.3 Å². The number of halogens is 4. The Bertz CT molecular complexity index is 634. The van der Waals surface area contributed by atoms with E-state index in [1.807, 2.05) is 0 Å². The normalized spacial score (nSPS) is 20.9. The fourth-order valence-electron chi connectivity index (χ4n) is 2.47. The van der Waals surface area contributed by atoms with Crippen molar-refractivity contribution in [3.63, 3.8) is 0 Å².